The molecule has 0 saturated heterocycles. The average molecular weight is 149 g/mol. The number of hydrogen-bond acceptors (Lipinski definition) is 1. The number of rotatable bonds is 4. The van der Waals surface area contributed by atoms with Crippen molar-refractivity contribution in [3.63, 3.8) is 0 Å². The maximum atomic E-state index is 10.9. The molecule has 0 aliphatic heterocycles. The first-order valence-electron chi connectivity index (χ1n) is 3.23. The first kappa shape index (κ1) is 9.51. The van der Waals surface area contributed by atoms with Crippen molar-refractivity contribution in [2.75, 3.05) is 13.1 Å². The van der Waals surface area contributed by atoms with E-state index in [1.807, 2.05) is 5.92 Å². The van der Waals surface area contributed by atoms with E-state index in [1.165, 1.54) is 4.90 Å². The SMILES string of the molecule is C#CC(=O)N(CC=C)CC=C. The van der Waals surface area contributed by atoms with Crippen LogP contribution in [0, 0.1) is 12.3 Å². The van der Waals surface area contributed by atoms with Gasteiger partial charge in [0.25, 0.3) is 5.91 Å². The van der Waals surface area contributed by atoms with Gasteiger partial charge in [-0.3, -0.25) is 4.79 Å². The first-order valence-corrected chi connectivity index (χ1v) is 3.23. The van der Waals surface area contributed by atoms with E-state index in [0.29, 0.717) is 13.1 Å². The summed E-state index contributed by atoms with van der Waals surface area (Å²) in [4.78, 5) is 12.4. The summed E-state index contributed by atoms with van der Waals surface area (Å²) >= 11 is 0. The predicted octanol–water partition coefficient (Wildman–Crippen LogP) is 0.820. The molecular weight excluding hydrogens is 138 g/mol. The molecule has 2 nitrogen and oxygen atoms in total. The van der Waals surface area contributed by atoms with Crippen molar-refractivity contribution >= 4 is 5.91 Å². The van der Waals surface area contributed by atoms with Crippen LogP contribution in [0.3, 0.4) is 0 Å². The topological polar surface area (TPSA) is 20.3 Å². The van der Waals surface area contributed by atoms with Crippen LogP contribution in [0.4, 0.5) is 0 Å². The Balaban J connectivity index is 4.09. The molecule has 0 radical (unpaired) electrons. The quantitative estimate of drug-likeness (QED) is 0.428. The fourth-order valence-electron chi connectivity index (χ4n) is 0.643. The molecule has 0 aliphatic carbocycles. The van der Waals surface area contributed by atoms with Crippen molar-refractivity contribution in [3.8, 4) is 12.3 Å². The predicted molar refractivity (Wildman–Crippen MR) is 45.8 cm³/mol. The van der Waals surface area contributed by atoms with Gasteiger partial charge in [-0.15, -0.1) is 19.6 Å². The smallest absolute Gasteiger partial charge is 0.298 e. The number of carbonyl (C=O) groups is 1. The molecule has 0 fully saturated rings. The minimum atomic E-state index is -0.329. The molecule has 0 aromatic rings. The van der Waals surface area contributed by atoms with E-state index in [9.17, 15) is 4.79 Å². The summed E-state index contributed by atoms with van der Waals surface area (Å²) < 4.78 is 0. The Morgan fingerprint density at radius 1 is 1.45 bits per heavy atom. The van der Waals surface area contributed by atoms with Gasteiger partial charge in [-0.1, -0.05) is 12.2 Å². The van der Waals surface area contributed by atoms with E-state index in [2.05, 4.69) is 13.2 Å². The van der Waals surface area contributed by atoms with E-state index < -0.39 is 0 Å². The molecule has 58 valence electrons. The number of amides is 1. The average Bonchev–Trinajstić information content (AvgIpc) is 2.03. The second-order valence-corrected chi connectivity index (χ2v) is 1.93. The second-order valence-electron chi connectivity index (χ2n) is 1.93. The Morgan fingerprint density at radius 2 is 1.91 bits per heavy atom. The largest absolute Gasteiger partial charge is 0.324 e. The molecule has 0 aromatic heterocycles. The second kappa shape index (κ2) is 5.31. The zero-order valence-corrected chi connectivity index (χ0v) is 6.42. The molecule has 0 bridgehead atoms. The highest BCUT2D eigenvalue weighted by Gasteiger charge is 2.05. The van der Waals surface area contributed by atoms with Gasteiger partial charge >= 0.3 is 0 Å². The van der Waals surface area contributed by atoms with Crippen LogP contribution in [0.5, 0.6) is 0 Å². The first-order chi connectivity index (χ1) is 5.26. The molecule has 0 heterocycles. The van der Waals surface area contributed by atoms with Crippen molar-refractivity contribution in [3.05, 3.63) is 25.3 Å². The van der Waals surface area contributed by atoms with Crippen molar-refractivity contribution in [1.29, 1.82) is 0 Å². The fraction of sp³-hybridized carbons (Fsp3) is 0.222. The third kappa shape index (κ3) is 3.27. The lowest BCUT2D eigenvalue weighted by molar-refractivity contribution is -0.124. The van der Waals surface area contributed by atoms with Gasteiger partial charge in [0.15, 0.2) is 0 Å². The number of carbonyl (C=O) groups excluding carboxylic acids is 1. The molecule has 0 aromatic carbocycles. The third-order valence-electron chi connectivity index (χ3n) is 1.11. The van der Waals surface area contributed by atoms with Crippen LogP contribution in [0.25, 0.3) is 0 Å². The van der Waals surface area contributed by atoms with E-state index in [0.717, 1.165) is 0 Å². The standard InChI is InChI=1S/C9H11NO/c1-4-7-10(8-5-2)9(11)6-3/h3-5H,1-2,7-8H2. The Bertz CT molecular complexity index is 190. The molecule has 0 rings (SSSR count). The van der Waals surface area contributed by atoms with E-state index in [4.69, 9.17) is 6.42 Å². The van der Waals surface area contributed by atoms with Gasteiger partial charge in [-0.25, -0.2) is 0 Å². The molecule has 11 heavy (non-hydrogen) atoms. The summed E-state index contributed by atoms with van der Waals surface area (Å²) in [6.07, 6.45) is 8.17. The van der Waals surface area contributed by atoms with Crippen LogP contribution in [-0.2, 0) is 4.79 Å². The van der Waals surface area contributed by atoms with Gasteiger partial charge < -0.3 is 4.90 Å². The molecule has 0 N–H and O–H groups in total. The highest BCUT2D eigenvalue weighted by molar-refractivity contribution is 5.93. The summed E-state index contributed by atoms with van der Waals surface area (Å²) in [6.45, 7) is 7.94. The van der Waals surface area contributed by atoms with Gasteiger partial charge in [0.2, 0.25) is 0 Å². The number of hydrogen-bond donors (Lipinski definition) is 0. The minimum Gasteiger partial charge on any atom is -0.324 e. The van der Waals surface area contributed by atoms with Gasteiger partial charge in [-0.2, -0.15) is 0 Å². The fourth-order valence-corrected chi connectivity index (χ4v) is 0.643. The zero-order chi connectivity index (χ0) is 8.69. The molecule has 0 atom stereocenters. The lowest BCUT2D eigenvalue weighted by atomic mass is 10.4. The summed E-state index contributed by atoms with van der Waals surface area (Å²) in [7, 11) is 0. The van der Waals surface area contributed by atoms with Crippen molar-refractivity contribution < 1.29 is 4.79 Å². The van der Waals surface area contributed by atoms with Crippen molar-refractivity contribution in [2.24, 2.45) is 0 Å². The Hall–Kier alpha value is -1.49. The highest BCUT2D eigenvalue weighted by Crippen LogP contribution is 1.89. The van der Waals surface area contributed by atoms with E-state index in [-0.39, 0.29) is 5.91 Å². The summed E-state index contributed by atoms with van der Waals surface area (Å²) in [5.74, 6) is 1.70. The lowest BCUT2D eigenvalue weighted by Gasteiger charge is -2.14. The van der Waals surface area contributed by atoms with Crippen LogP contribution < -0.4 is 0 Å². The van der Waals surface area contributed by atoms with Crippen molar-refractivity contribution in [2.45, 2.75) is 0 Å². The number of nitrogens with zero attached hydrogens (tertiary/aromatic N) is 1. The molecule has 2 heteroatoms. The van der Waals surface area contributed by atoms with Crippen LogP contribution in [-0.4, -0.2) is 23.9 Å². The van der Waals surface area contributed by atoms with Crippen molar-refractivity contribution in [1.82, 2.24) is 4.90 Å². The zero-order valence-electron chi connectivity index (χ0n) is 6.42. The Labute approximate surface area is 67.2 Å². The monoisotopic (exact) mass is 149 g/mol. The van der Waals surface area contributed by atoms with Crippen LogP contribution in [0.2, 0.25) is 0 Å². The molecular formula is C9H11NO. The van der Waals surface area contributed by atoms with E-state index in [1.54, 1.807) is 12.2 Å². The minimum absolute atomic E-state index is 0.329. The van der Waals surface area contributed by atoms with Crippen LogP contribution >= 0.6 is 0 Å². The van der Waals surface area contributed by atoms with Gasteiger partial charge in [0, 0.05) is 13.1 Å². The molecule has 0 aliphatic rings. The third-order valence-corrected chi connectivity index (χ3v) is 1.11. The summed E-state index contributed by atoms with van der Waals surface area (Å²) in [6, 6.07) is 0. The summed E-state index contributed by atoms with van der Waals surface area (Å²) in [5.41, 5.74) is 0. The number of terminal acetylenes is 1. The van der Waals surface area contributed by atoms with Gasteiger partial charge in [0.1, 0.15) is 0 Å². The van der Waals surface area contributed by atoms with Gasteiger partial charge in [-0.05, 0) is 5.92 Å². The highest BCUT2D eigenvalue weighted by atomic mass is 16.2. The lowest BCUT2D eigenvalue weighted by Crippen LogP contribution is -2.29. The maximum Gasteiger partial charge on any atom is 0.298 e. The van der Waals surface area contributed by atoms with Crippen LogP contribution in [0.1, 0.15) is 0 Å². The Kier molecular flexibility index (Phi) is 4.59. The molecule has 0 unspecified atom stereocenters. The normalized spacial score (nSPS) is 7.91. The molecule has 0 saturated carbocycles. The van der Waals surface area contributed by atoms with E-state index >= 15 is 0 Å². The molecule has 1 amide bonds. The summed E-state index contributed by atoms with van der Waals surface area (Å²) in [5, 5.41) is 0. The maximum absolute atomic E-state index is 10.9. The molecule has 0 spiro atoms. The van der Waals surface area contributed by atoms with Gasteiger partial charge in [0.05, 0.1) is 0 Å². The van der Waals surface area contributed by atoms with Crippen LogP contribution in [0.15, 0.2) is 25.3 Å². The Morgan fingerprint density at radius 3 is 2.18 bits per heavy atom.